The van der Waals surface area contributed by atoms with Crippen molar-refractivity contribution in [2.24, 2.45) is 0 Å². The van der Waals surface area contributed by atoms with Crippen molar-refractivity contribution in [3.05, 3.63) is 48.0 Å². The lowest BCUT2D eigenvalue weighted by molar-refractivity contribution is -0.151. The number of carbonyl (C=O) groups is 1. The molecule has 2 atom stereocenters. The summed E-state index contributed by atoms with van der Waals surface area (Å²) >= 11 is 0. The summed E-state index contributed by atoms with van der Waals surface area (Å²) in [7, 11) is 1.58. The van der Waals surface area contributed by atoms with Crippen LogP contribution in [-0.4, -0.2) is 30.9 Å². The zero-order chi connectivity index (χ0) is 19.9. The van der Waals surface area contributed by atoms with Gasteiger partial charge in [0.1, 0.15) is 0 Å². The molecule has 1 aliphatic heterocycles. The fourth-order valence-corrected chi connectivity index (χ4v) is 3.16. The quantitative estimate of drug-likeness (QED) is 0.634. The van der Waals surface area contributed by atoms with Gasteiger partial charge >= 0.3 is 5.97 Å². The Morgan fingerprint density at radius 3 is 2.46 bits per heavy atom. The van der Waals surface area contributed by atoms with Gasteiger partial charge in [0.25, 0.3) is 0 Å². The second-order valence-corrected chi connectivity index (χ2v) is 6.68. The summed E-state index contributed by atoms with van der Waals surface area (Å²) in [4.78, 5) is 11.8. The summed E-state index contributed by atoms with van der Waals surface area (Å²) in [6.45, 7) is 2.74. The van der Waals surface area contributed by atoms with Crippen molar-refractivity contribution in [1.29, 1.82) is 0 Å². The van der Waals surface area contributed by atoms with Gasteiger partial charge in [-0.3, -0.25) is 0 Å². The highest BCUT2D eigenvalue weighted by Crippen LogP contribution is 2.41. The molecule has 1 aliphatic rings. The molecule has 28 heavy (non-hydrogen) atoms. The number of unbranched alkanes of at least 4 members (excludes halogenated alkanes) is 3. The molecule has 0 bridgehead atoms. The van der Waals surface area contributed by atoms with E-state index in [1.165, 1.54) is 6.42 Å². The van der Waals surface area contributed by atoms with Crippen molar-refractivity contribution in [2.75, 3.05) is 13.7 Å². The van der Waals surface area contributed by atoms with Crippen LogP contribution in [0.4, 0.5) is 0 Å². The monoisotopic (exact) mass is 386 g/mol. The van der Waals surface area contributed by atoms with E-state index in [4.69, 9.17) is 18.9 Å². The van der Waals surface area contributed by atoms with E-state index in [9.17, 15) is 9.90 Å². The molecule has 0 radical (unpaired) electrons. The van der Waals surface area contributed by atoms with Gasteiger partial charge in [-0.1, -0.05) is 44.4 Å². The molecule has 0 fully saturated rings. The van der Waals surface area contributed by atoms with E-state index >= 15 is 0 Å². The van der Waals surface area contributed by atoms with E-state index in [2.05, 4.69) is 6.92 Å². The van der Waals surface area contributed by atoms with Crippen LogP contribution in [0.15, 0.2) is 42.5 Å². The van der Waals surface area contributed by atoms with Gasteiger partial charge in [0.15, 0.2) is 29.1 Å². The Bertz CT molecular complexity index is 803. The van der Waals surface area contributed by atoms with Crippen LogP contribution >= 0.6 is 0 Å². The van der Waals surface area contributed by atoms with Gasteiger partial charge in [-0.05, 0) is 30.7 Å². The molecule has 0 saturated heterocycles. The Morgan fingerprint density at radius 1 is 1.04 bits per heavy atom. The fraction of sp³-hybridized carbons (Fsp3) is 0.409. The minimum absolute atomic E-state index is 0.423. The molecule has 6 heteroatoms. The zero-order valence-corrected chi connectivity index (χ0v) is 16.2. The van der Waals surface area contributed by atoms with Crippen LogP contribution in [0.25, 0.3) is 0 Å². The molecule has 150 valence electrons. The van der Waals surface area contributed by atoms with Crippen LogP contribution in [0, 0.1) is 0 Å². The molecule has 1 N–H and O–H groups in total. The second-order valence-electron chi connectivity index (χ2n) is 6.68. The third-order valence-electron chi connectivity index (χ3n) is 4.65. The number of hydrogen-bond donors (Lipinski definition) is 1. The van der Waals surface area contributed by atoms with Crippen LogP contribution in [0.5, 0.6) is 23.0 Å². The first-order chi connectivity index (χ1) is 13.6. The molecule has 2 unspecified atom stereocenters. The van der Waals surface area contributed by atoms with E-state index in [-0.39, 0.29) is 0 Å². The van der Waals surface area contributed by atoms with E-state index < -0.39 is 18.2 Å². The number of carboxylic acids is 1. The van der Waals surface area contributed by atoms with E-state index in [0.29, 0.717) is 35.2 Å². The standard InChI is InChI=1S/C22H26O6/c1-3-4-5-8-13-26-19-14-15(11-12-16(19)25-2)20-21(22(23)24)28-18-10-7-6-9-17(18)27-20/h6-7,9-12,14,20-21H,3-5,8,13H2,1-2H3,(H,23,24). The van der Waals surface area contributed by atoms with Crippen LogP contribution in [-0.2, 0) is 4.79 Å². The summed E-state index contributed by atoms with van der Waals surface area (Å²) in [6.07, 6.45) is 2.45. The van der Waals surface area contributed by atoms with Crippen LogP contribution < -0.4 is 18.9 Å². The number of hydrogen-bond acceptors (Lipinski definition) is 5. The summed E-state index contributed by atoms with van der Waals surface area (Å²) < 4.78 is 22.9. The first kappa shape index (κ1) is 19.9. The van der Waals surface area contributed by atoms with Crippen LogP contribution in [0.1, 0.15) is 44.3 Å². The van der Waals surface area contributed by atoms with E-state index in [1.807, 2.05) is 6.07 Å². The number of para-hydroxylation sites is 2. The fourth-order valence-electron chi connectivity index (χ4n) is 3.16. The predicted molar refractivity (Wildman–Crippen MR) is 104 cm³/mol. The van der Waals surface area contributed by atoms with Crippen molar-refractivity contribution < 1.29 is 28.8 Å². The van der Waals surface area contributed by atoms with Crippen molar-refractivity contribution in [2.45, 2.75) is 44.8 Å². The lowest BCUT2D eigenvalue weighted by Crippen LogP contribution is -2.39. The molecule has 2 aromatic rings. The molecular formula is C22H26O6. The predicted octanol–water partition coefficient (Wildman–Crippen LogP) is 4.62. The summed E-state index contributed by atoms with van der Waals surface area (Å²) in [6, 6.07) is 12.4. The molecule has 1 heterocycles. The maximum atomic E-state index is 11.8. The number of carboxylic acid groups (broad SMARTS) is 1. The third-order valence-corrected chi connectivity index (χ3v) is 4.65. The first-order valence-corrected chi connectivity index (χ1v) is 9.60. The smallest absolute Gasteiger partial charge is 0.349 e. The highest BCUT2D eigenvalue weighted by Gasteiger charge is 2.38. The lowest BCUT2D eigenvalue weighted by Gasteiger charge is -2.32. The van der Waals surface area contributed by atoms with Gasteiger partial charge in [0.05, 0.1) is 13.7 Å². The zero-order valence-electron chi connectivity index (χ0n) is 16.2. The number of aliphatic carboxylic acids is 1. The van der Waals surface area contributed by atoms with Gasteiger partial charge in [-0.15, -0.1) is 0 Å². The molecule has 2 aromatic carbocycles. The second kappa shape index (κ2) is 9.35. The van der Waals surface area contributed by atoms with Gasteiger partial charge in [-0.2, -0.15) is 0 Å². The van der Waals surface area contributed by atoms with Crippen molar-refractivity contribution in [3.63, 3.8) is 0 Å². The van der Waals surface area contributed by atoms with Crippen molar-refractivity contribution in [1.82, 2.24) is 0 Å². The maximum Gasteiger partial charge on any atom is 0.349 e. The number of benzene rings is 2. The Kier molecular flexibility index (Phi) is 6.63. The summed E-state index contributed by atoms with van der Waals surface area (Å²) in [5.41, 5.74) is 0.659. The topological polar surface area (TPSA) is 74.2 Å². The van der Waals surface area contributed by atoms with Crippen molar-refractivity contribution in [3.8, 4) is 23.0 Å². The van der Waals surface area contributed by atoms with Crippen LogP contribution in [0.3, 0.4) is 0 Å². The average Bonchev–Trinajstić information content (AvgIpc) is 2.72. The van der Waals surface area contributed by atoms with Gasteiger partial charge < -0.3 is 24.1 Å². The number of rotatable bonds is 9. The van der Waals surface area contributed by atoms with E-state index in [1.54, 1.807) is 43.5 Å². The largest absolute Gasteiger partial charge is 0.493 e. The summed E-state index contributed by atoms with van der Waals surface area (Å²) in [5, 5.41) is 9.63. The first-order valence-electron chi connectivity index (χ1n) is 9.60. The highest BCUT2D eigenvalue weighted by atomic mass is 16.6. The van der Waals surface area contributed by atoms with Gasteiger partial charge in [-0.25, -0.2) is 4.79 Å². The molecule has 0 spiro atoms. The van der Waals surface area contributed by atoms with Crippen molar-refractivity contribution >= 4 is 5.97 Å². The molecule has 0 aliphatic carbocycles. The Morgan fingerprint density at radius 2 is 1.79 bits per heavy atom. The molecule has 0 saturated carbocycles. The molecule has 6 nitrogen and oxygen atoms in total. The van der Waals surface area contributed by atoms with Crippen LogP contribution in [0.2, 0.25) is 0 Å². The molecule has 3 rings (SSSR count). The Hall–Kier alpha value is -2.89. The highest BCUT2D eigenvalue weighted by molar-refractivity contribution is 5.75. The minimum atomic E-state index is -1.15. The molecule has 0 amide bonds. The van der Waals surface area contributed by atoms with Gasteiger partial charge in [0, 0.05) is 5.56 Å². The third kappa shape index (κ3) is 4.50. The summed E-state index contributed by atoms with van der Waals surface area (Å²) in [5.74, 6) is 1.03. The molecule has 0 aromatic heterocycles. The lowest BCUT2D eigenvalue weighted by atomic mass is 10.0. The number of fused-ring (bicyclic) bond motifs is 1. The van der Waals surface area contributed by atoms with Gasteiger partial charge in [0.2, 0.25) is 6.10 Å². The maximum absolute atomic E-state index is 11.8. The Balaban J connectivity index is 1.82. The number of methoxy groups -OCH3 is 1. The number of ether oxygens (including phenoxy) is 4. The SMILES string of the molecule is CCCCCCOc1cc(C2Oc3ccccc3OC2C(=O)O)ccc1OC. The Labute approximate surface area is 165 Å². The average molecular weight is 386 g/mol. The molecular weight excluding hydrogens is 360 g/mol. The van der Waals surface area contributed by atoms with E-state index in [0.717, 1.165) is 19.3 Å². The normalized spacial score (nSPS) is 17.8. The minimum Gasteiger partial charge on any atom is -0.493 e.